The van der Waals surface area contributed by atoms with Crippen LogP contribution in [0, 0.1) is 0 Å². The predicted molar refractivity (Wildman–Crippen MR) is 116 cm³/mol. The zero-order chi connectivity index (χ0) is 19.8. The van der Waals surface area contributed by atoms with Gasteiger partial charge in [-0.25, -0.2) is 0 Å². The number of hydrogen-bond donors (Lipinski definition) is 4. The van der Waals surface area contributed by atoms with Gasteiger partial charge >= 0.3 is 0 Å². The lowest BCUT2D eigenvalue weighted by Crippen LogP contribution is -2.41. The van der Waals surface area contributed by atoms with Gasteiger partial charge in [0.25, 0.3) is 0 Å². The van der Waals surface area contributed by atoms with Crippen molar-refractivity contribution in [2.24, 2.45) is 0 Å². The van der Waals surface area contributed by atoms with Crippen molar-refractivity contribution in [3.05, 3.63) is 52.6 Å². The summed E-state index contributed by atoms with van der Waals surface area (Å²) in [6, 6.07) is 10.2. The Morgan fingerprint density at radius 3 is 2.46 bits per heavy atom. The molecule has 2 atom stereocenters. The average Bonchev–Trinajstić information content (AvgIpc) is 3.07. The SMILES string of the molecule is CC(O)N(c1ccc(C=C2CNc3c(N)cccc32)c2c1CCCC2)C(C)O. The fourth-order valence-corrected chi connectivity index (χ4v) is 4.60. The summed E-state index contributed by atoms with van der Waals surface area (Å²) in [5, 5.41) is 23.8. The number of aliphatic hydroxyl groups is 2. The number of benzene rings is 2. The Kier molecular flexibility index (Phi) is 5.04. The van der Waals surface area contributed by atoms with Crippen molar-refractivity contribution >= 4 is 28.7 Å². The Morgan fingerprint density at radius 2 is 1.75 bits per heavy atom. The van der Waals surface area contributed by atoms with Crippen LogP contribution in [0.15, 0.2) is 30.3 Å². The zero-order valence-corrected chi connectivity index (χ0v) is 16.6. The van der Waals surface area contributed by atoms with Gasteiger partial charge in [0.15, 0.2) is 0 Å². The quantitative estimate of drug-likeness (QED) is 0.482. The molecule has 28 heavy (non-hydrogen) atoms. The Bertz CT molecular complexity index is 910. The van der Waals surface area contributed by atoms with Crippen LogP contribution < -0.4 is 16.0 Å². The molecule has 0 saturated heterocycles. The first-order chi connectivity index (χ1) is 13.5. The van der Waals surface area contributed by atoms with Gasteiger partial charge in [0, 0.05) is 17.8 Å². The second kappa shape index (κ2) is 7.49. The monoisotopic (exact) mass is 379 g/mol. The van der Waals surface area contributed by atoms with E-state index in [0.717, 1.165) is 49.3 Å². The number of nitrogen functional groups attached to an aromatic ring is 1. The standard InChI is InChI=1S/C23H29N3O2/c1-14(27)26(15(2)28)22-11-10-16(18-6-3-4-7-20(18)22)12-17-13-25-23-19(17)8-5-9-21(23)24/h5,8-12,14-15,25,27-28H,3-4,6-7,13,24H2,1-2H3. The van der Waals surface area contributed by atoms with Gasteiger partial charge in [-0.3, -0.25) is 0 Å². The summed E-state index contributed by atoms with van der Waals surface area (Å²) in [5.41, 5.74) is 15.1. The van der Waals surface area contributed by atoms with Crippen LogP contribution in [0.3, 0.4) is 0 Å². The van der Waals surface area contributed by atoms with Crippen molar-refractivity contribution < 1.29 is 10.2 Å². The Balaban J connectivity index is 1.80. The average molecular weight is 380 g/mol. The maximum absolute atomic E-state index is 10.2. The van der Waals surface area contributed by atoms with E-state index in [9.17, 15) is 10.2 Å². The maximum Gasteiger partial charge on any atom is 0.126 e. The van der Waals surface area contributed by atoms with E-state index in [1.807, 2.05) is 18.2 Å². The van der Waals surface area contributed by atoms with Crippen LogP contribution in [0.1, 0.15) is 48.9 Å². The minimum Gasteiger partial charge on any atom is -0.397 e. The smallest absolute Gasteiger partial charge is 0.126 e. The summed E-state index contributed by atoms with van der Waals surface area (Å²) < 4.78 is 0. The van der Waals surface area contributed by atoms with E-state index in [1.54, 1.807) is 18.7 Å². The summed E-state index contributed by atoms with van der Waals surface area (Å²) in [5.74, 6) is 0. The molecule has 0 amide bonds. The van der Waals surface area contributed by atoms with Crippen LogP contribution in [-0.4, -0.2) is 29.2 Å². The van der Waals surface area contributed by atoms with E-state index in [-0.39, 0.29) is 0 Å². The second-order valence-electron chi connectivity index (χ2n) is 7.80. The molecular formula is C23H29N3O2. The number of nitrogens with two attached hydrogens (primary N) is 1. The van der Waals surface area contributed by atoms with Crippen LogP contribution in [0.5, 0.6) is 0 Å². The minimum atomic E-state index is -0.746. The molecule has 0 radical (unpaired) electrons. The van der Waals surface area contributed by atoms with Gasteiger partial charge in [-0.15, -0.1) is 0 Å². The molecular weight excluding hydrogens is 350 g/mol. The first kappa shape index (κ1) is 18.8. The van der Waals surface area contributed by atoms with Gasteiger partial charge < -0.3 is 26.2 Å². The first-order valence-corrected chi connectivity index (χ1v) is 10.1. The van der Waals surface area contributed by atoms with Gasteiger partial charge in [0.1, 0.15) is 12.5 Å². The number of fused-ring (bicyclic) bond motifs is 2. The molecule has 4 rings (SSSR count). The van der Waals surface area contributed by atoms with Crippen molar-refractivity contribution in [3.63, 3.8) is 0 Å². The molecule has 2 unspecified atom stereocenters. The molecule has 2 aliphatic rings. The van der Waals surface area contributed by atoms with Gasteiger partial charge in [-0.2, -0.15) is 0 Å². The fourth-order valence-electron chi connectivity index (χ4n) is 4.60. The summed E-state index contributed by atoms with van der Waals surface area (Å²) in [4.78, 5) is 1.69. The molecule has 148 valence electrons. The second-order valence-corrected chi connectivity index (χ2v) is 7.80. The largest absolute Gasteiger partial charge is 0.397 e. The Hall–Kier alpha value is -2.50. The van der Waals surface area contributed by atoms with Crippen LogP contribution in [0.4, 0.5) is 17.1 Å². The summed E-state index contributed by atoms with van der Waals surface area (Å²) in [6.07, 6.45) is 5.06. The highest BCUT2D eigenvalue weighted by Crippen LogP contribution is 2.39. The van der Waals surface area contributed by atoms with E-state index in [1.165, 1.54) is 27.8 Å². The molecule has 1 aliphatic carbocycles. The van der Waals surface area contributed by atoms with Crippen molar-refractivity contribution in [2.75, 3.05) is 22.5 Å². The summed E-state index contributed by atoms with van der Waals surface area (Å²) in [6.45, 7) is 4.17. The molecule has 5 nitrogen and oxygen atoms in total. The number of nitrogens with one attached hydrogen (secondary N) is 1. The van der Waals surface area contributed by atoms with E-state index >= 15 is 0 Å². The third kappa shape index (κ3) is 3.25. The lowest BCUT2D eigenvalue weighted by Gasteiger charge is -2.34. The van der Waals surface area contributed by atoms with Crippen molar-refractivity contribution in [1.82, 2.24) is 0 Å². The molecule has 2 aromatic carbocycles. The highest BCUT2D eigenvalue weighted by atomic mass is 16.3. The molecule has 0 fully saturated rings. The van der Waals surface area contributed by atoms with Crippen LogP contribution >= 0.6 is 0 Å². The fraction of sp³-hybridized carbons (Fsp3) is 0.391. The van der Waals surface area contributed by atoms with Crippen molar-refractivity contribution in [3.8, 4) is 0 Å². The van der Waals surface area contributed by atoms with Crippen LogP contribution in [0.2, 0.25) is 0 Å². The number of aliphatic hydroxyl groups excluding tert-OH is 2. The molecule has 0 saturated carbocycles. The number of hydrogen-bond acceptors (Lipinski definition) is 5. The molecule has 1 aliphatic heterocycles. The Morgan fingerprint density at radius 1 is 1.04 bits per heavy atom. The van der Waals surface area contributed by atoms with Crippen LogP contribution in [0.25, 0.3) is 11.6 Å². The highest BCUT2D eigenvalue weighted by Gasteiger charge is 2.25. The summed E-state index contributed by atoms with van der Waals surface area (Å²) >= 11 is 0. The lowest BCUT2D eigenvalue weighted by molar-refractivity contribution is 0.104. The normalized spacial score (nSPS) is 18.9. The van der Waals surface area contributed by atoms with Gasteiger partial charge in [0.2, 0.25) is 0 Å². The number of anilines is 3. The highest BCUT2D eigenvalue weighted by molar-refractivity contribution is 5.97. The molecule has 1 heterocycles. The van der Waals surface area contributed by atoms with Gasteiger partial charge in [-0.1, -0.05) is 18.2 Å². The van der Waals surface area contributed by atoms with Gasteiger partial charge in [0.05, 0.1) is 11.4 Å². The van der Waals surface area contributed by atoms with Gasteiger partial charge in [-0.05, 0) is 80.0 Å². The third-order valence-corrected chi connectivity index (χ3v) is 5.86. The van der Waals surface area contributed by atoms with Crippen LogP contribution in [-0.2, 0) is 12.8 Å². The molecule has 0 aromatic heterocycles. The molecule has 0 spiro atoms. The first-order valence-electron chi connectivity index (χ1n) is 10.1. The predicted octanol–water partition coefficient (Wildman–Crippen LogP) is 3.60. The van der Waals surface area contributed by atoms with E-state index in [4.69, 9.17) is 5.73 Å². The lowest BCUT2D eigenvalue weighted by atomic mass is 9.85. The zero-order valence-electron chi connectivity index (χ0n) is 16.6. The maximum atomic E-state index is 10.2. The van der Waals surface area contributed by atoms with Crippen molar-refractivity contribution in [2.45, 2.75) is 52.0 Å². The molecule has 0 bridgehead atoms. The number of para-hydroxylation sites is 1. The molecule has 2 aromatic rings. The minimum absolute atomic E-state index is 0.746. The number of nitrogens with zero attached hydrogens (tertiary/aromatic N) is 1. The number of rotatable bonds is 4. The summed E-state index contributed by atoms with van der Waals surface area (Å²) in [7, 11) is 0. The Labute approximate surface area is 166 Å². The molecule has 5 N–H and O–H groups in total. The van der Waals surface area contributed by atoms with Crippen molar-refractivity contribution in [1.29, 1.82) is 0 Å². The van der Waals surface area contributed by atoms with E-state index in [2.05, 4.69) is 23.5 Å². The van der Waals surface area contributed by atoms with E-state index < -0.39 is 12.5 Å². The third-order valence-electron chi connectivity index (χ3n) is 5.86. The van der Waals surface area contributed by atoms with E-state index in [0.29, 0.717) is 0 Å². The molecule has 5 heteroatoms. The topological polar surface area (TPSA) is 81.8 Å².